The second-order valence-electron chi connectivity index (χ2n) is 7.19. The Hall–Kier alpha value is -2.11. The standard InChI is InChI=1S/C21H23N3O4S3/c1-31(26,27)17-5-6-18-19(15-17)30-21(22-18)24(9-8-23-10-12-28-13-11-23)20(25)7-4-16-3-2-14-29-16/h2-7,14-15H,8-13H2,1H3/b7-4+. The average molecular weight is 478 g/mol. The maximum Gasteiger partial charge on any atom is 0.252 e. The Morgan fingerprint density at radius 1 is 1.29 bits per heavy atom. The van der Waals surface area contributed by atoms with E-state index < -0.39 is 9.84 Å². The molecule has 3 heterocycles. The number of hydrogen-bond acceptors (Lipinski definition) is 8. The van der Waals surface area contributed by atoms with Crippen molar-refractivity contribution in [1.29, 1.82) is 0 Å². The summed E-state index contributed by atoms with van der Waals surface area (Å²) in [6.45, 7) is 4.28. The molecule has 0 spiro atoms. The number of hydrogen-bond donors (Lipinski definition) is 0. The molecule has 31 heavy (non-hydrogen) atoms. The number of benzene rings is 1. The molecular formula is C21H23N3O4S3. The van der Waals surface area contributed by atoms with E-state index in [0.29, 0.717) is 37.0 Å². The number of thiazole rings is 1. The topological polar surface area (TPSA) is 79.8 Å². The lowest BCUT2D eigenvalue weighted by Crippen LogP contribution is -2.42. The molecule has 4 rings (SSSR count). The van der Waals surface area contributed by atoms with Gasteiger partial charge in [-0.05, 0) is 35.7 Å². The third kappa shape index (κ3) is 5.58. The molecule has 2 aromatic heterocycles. The highest BCUT2D eigenvalue weighted by Crippen LogP contribution is 2.31. The molecule has 1 fully saturated rings. The normalized spacial score (nSPS) is 15.6. The summed E-state index contributed by atoms with van der Waals surface area (Å²) in [5.41, 5.74) is 0.679. The molecule has 0 aliphatic carbocycles. The SMILES string of the molecule is CS(=O)(=O)c1ccc2nc(N(CCN3CCOCC3)C(=O)/C=C/c3cccs3)sc2c1. The predicted octanol–water partition coefficient (Wildman–Crippen LogP) is 3.14. The lowest BCUT2D eigenvalue weighted by Gasteiger charge is -2.28. The van der Waals surface area contributed by atoms with Crippen LogP contribution in [0.15, 0.2) is 46.7 Å². The third-order valence-electron chi connectivity index (χ3n) is 4.95. The monoisotopic (exact) mass is 477 g/mol. The van der Waals surface area contributed by atoms with Crippen molar-refractivity contribution in [2.24, 2.45) is 0 Å². The fraction of sp³-hybridized carbons (Fsp3) is 0.333. The van der Waals surface area contributed by atoms with Crippen molar-refractivity contribution in [3.8, 4) is 0 Å². The summed E-state index contributed by atoms with van der Waals surface area (Å²) in [6.07, 6.45) is 4.56. The van der Waals surface area contributed by atoms with Gasteiger partial charge < -0.3 is 4.74 Å². The lowest BCUT2D eigenvalue weighted by atomic mass is 10.3. The van der Waals surface area contributed by atoms with E-state index in [4.69, 9.17) is 4.74 Å². The van der Waals surface area contributed by atoms with Gasteiger partial charge in [0.15, 0.2) is 15.0 Å². The highest BCUT2D eigenvalue weighted by Gasteiger charge is 2.21. The van der Waals surface area contributed by atoms with Crippen molar-refractivity contribution in [3.05, 3.63) is 46.7 Å². The maximum absolute atomic E-state index is 13.1. The Morgan fingerprint density at radius 3 is 2.81 bits per heavy atom. The number of anilines is 1. The number of morpholine rings is 1. The third-order valence-corrected chi connectivity index (χ3v) is 7.94. The zero-order valence-corrected chi connectivity index (χ0v) is 19.5. The van der Waals surface area contributed by atoms with Crippen LogP contribution in [0.5, 0.6) is 0 Å². The summed E-state index contributed by atoms with van der Waals surface area (Å²) in [5.74, 6) is -0.149. The average Bonchev–Trinajstić information content (AvgIpc) is 3.41. The van der Waals surface area contributed by atoms with E-state index in [1.165, 1.54) is 17.6 Å². The number of fused-ring (bicyclic) bond motifs is 1. The molecule has 1 amide bonds. The van der Waals surface area contributed by atoms with Crippen LogP contribution in [0.2, 0.25) is 0 Å². The van der Waals surface area contributed by atoms with E-state index in [1.807, 2.05) is 23.6 Å². The fourth-order valence-corrected chi connectivity index (χ4v) is 5.61. The molecule has 3 aromatic rings. The molecule has 1 aliphatic heterocycles. The van der Waals surface area contributed by atoms with Crippen molar-refractivity contribution in [3.63, 3.8) is 0 Å². The van der Waals surface area contributed by atoms with Crippen LogP contribution in [0, 0.1) is 0 Å². The quantitative estimate of drug-likeness (QED) is 0.487. The van der Waals surface area contributed by atoms with Crippen LogP contribution in [0.4, 0.5) is 5.13 Å². The van der Waals surface area contributed by atoms with E-state index in [2.05, 4.69) is 9.88 Å². The zero-order chi connectivity index (χ0) is 21.8. The minimum Gasteiger partial charge on any atom is -0.379 e. The summed E-state index contributed by atoms with van der Waals surface area (Å²) in [6, 6.07) is 8.77. The predicted molar refractivity (Wildman–Crippen MR) is 126 cm³/mol. The number of thiophene rings is 1. The molecule has 0 atom stereocenters. The number of rotatable bonds is 7. The Kier molecular flexibility index (Phi) is 6.83. The minimum atomic E-state index is -3.31. The molecule has 1 saturated heterocycles. The van der Waals surface area contributed by atoms with Crippen molar-refractivity contribution in [2.45, 2.75) is 4.90 Å². The smallest absolute Gasteiger partial charge is 0.252 e. The van der Waals surface area contributed by atoms with Gasteiger partial charge in [0.1, 0.15) is 0 Å². The van der Waals surface area contributed by atoms with Gasteiger partial charge in [-0.3, -0.25) is 14.6 Å². The highest BCUT2D eigenvalue weighted by atomic mass is 32.2. The van der Waals surface area contributed by atoms with Crippen molar-refractivity contribution < 1.29 is 17.9 Å². The van der Waals surface area contributed by atoms with E-state index >= 15 is 0 Å². The Bertz CT molecular complexity index is 1180. The summed E-state index contributed by atoms with van der Waals surface area (Å²) >= 11 is 2.90. The van der Waals surface area contributed by atoms with Gasteiger partial charge in [-0.15, -0.1) is 11.3 Å². The van der Waals surface area contributed by atoms with Crippen LogP contribution in [0.25, 0.3) is 16.3 Å². The van der Waals surface area contributed by atoms with Crippen molar-refractivity contribution in [2.75, 3.05) is 50.5 Å². The molecule has 7 nitrogen and oxygen atoms in total. The van der Waals surface area contributed by atoms with Crippen LogP contribution in [0.1, 0.15) is 4.88 Å². The molecule has 0 saturated carbocycles. The molecule has 1 aliphatic rings. The molecule has 0 bridgehead atoms. The first kappa shape index (κ1) is 22.1. The van der Waals surface area contributed by atoms with Crippen LogP contribution in [-0.4, -0.2) is 69.9 Å². The van der Waals surface area contributed by atoms with Gasteiger partial charge in [-0.1, -0.05) is 17.4 Å². The van der Waals surface area contributed by atoms with E-state index in [-0.39, 0.29) is 10.8 Å². The number of aromatic nitrogens is 1. The van der Waals surface area contributed by atoms with Gasteiger partial charge in [-0.2, -0.15) is 0 Å². The highest BCUT2D eigenvalue weighted by molar-refractivity contribution is 7.90. The van der Waals surface area contributed by atoms with Crippen LogP contribution in [-0.2, 0) is 19.4 Å². The first-order chi connectivity index (χ1) is 14.9. The number of ether oxygens (including phenoxy) is 1. The van der Waals surface area contributed by atoms with Crippen LogP contribution >= 0.6 is 22.7 Å². The summed E-state index contributed by atoms with van der Waals surface area (Å²) in [7, 11) is -3.31. The second kappa shape index (κ2) is 9.58. The zero-order valence-electron chi connectivity index (χ0n) is 17.1. The first-order valence-electron chi connectivity index (χ1n) is 9.84. The molecule has 164 valence electrons. The Labute approximate surface area is 189 Å². The Morgan fingerprint density at radius 2 is 2.10 bits per heavy atom. The van der Waals surface area contributed by atoms with Gasteiger partial charge >= 0.3 is 0 Å². The van der Waals surface area contributed by atoms with Crippen molar-refractivity contribution in [1.82, 2.24) is 9.88 Å². The molecule has 0 radical (unpaired) electrons. The first-order valence-corrected chi connectivity index (χ1v) is 13.4. The summed E-state index contributed by atoms with van der Waals surface area (Å²) < 4.78 is 29.9. The van der Waals surface area contributed by atoms with Crippen LogP contribution < -0.4 is 4.90 Å². The summed E-state index contributed by atoms with van der Waals surface area (Å²) in [5, 5.41) is 2.53. The number of amides is 1. The Balaban J connectivity index is 1.61. The second-order valence-corrected chi connectivity index (χ2v) is 11.2. The van der Waals surface area contributed by atoms with Crippen molar-refractivity contribution >= 4 is 59.8 Å². The van der Waals surface area contributed by atoms with Gasteiger partial charge in [0.25, 0.3) is 5.91 Å². The molecule has 0 unspecified atom stereocenters. The van der Waals surface area contributed by atoms with Gasteiger partial charge in [0.2, 0.25) is 0 Å². The van der Waals surface area contributed by atoms with Gasteiger partial charge in [0.05, 0.1) is 28.3 Å². The van der Waals surface area contributed by atoms with Crippen LogP contribution in [0.3, 0.4) is 0 Å². The number of carbonyl (C=O) groups is 1. The largest absolute Gasteiger partial charge is 0.379 e. The van der Waals surface area contributed by atoms with E-state index in [0.717, 1.165) is 22.7 Å². The number of sulfone groups is 1. The minimum absolute atomic E-state index is 0.149. The fourth-order valence-electron chi connectivity index (χ4n) is 3.23. The lowest BCUT2D eigenvalue weighted by molar-refractivity contribution is -0.114. The molecule has 0 N–H and O–H groups in total. The van der Waals surface area contributed by atoms with Gasteiger partial charge in [-0.25, -0.2) is 13.4 Å². The molecular weight excluding hydrogens is 454 g/mol. The number of nitrogens with zero attached hydrogens (tertiary/aromatic N) is 3. The maximum atomic E-state index is 13.1. The summed E-state index contributed by atoms with van der Waals surface area (Å²) in [4.78, 5) is 22.9. The van der Waals surface area contributed by atoms with E-state index in [1.54, 1.807) is 40.5 Å². The van der Waals surface area contributed by atoms with Gasteiger partial charge in [0, 0.05) is 43.4 Å². The number of carbonyl (C=O) groups excluding carboxylic acids is 1. The molecule has 1 aromatic carbocycles. The molecule has 10 heteroatoms. The van der Waals surface area contributed by atoms with E-state index in [9.17, 15) is 13.2 Å².